The Balaban J connectivity index is 2.19. The zero-order chi connectivity index (χ0) is 15.8. The fourth-order valence-corrected chi connectivity index (χ4v) is 2.95. The van der Waals surface area contributed by atoms with Gasteiger partial charge in [-0.2, -0.15) is 13.2 Å². The highest BCUT2D eigenvalue weighted by molar-refractivity contribution is 5.29. The summed E-state index contributed by atoms with van der Waals surface area (Å²) >= 11 is 0. The van der Waals surface area contributed by atoms with Gasteiger partial charge in [0.25, 0.3) is 0 Å². The van der Waals surface area contributed by atoms with E-state index in [0.717, 1.165) is 37.8 Å². The van der Waals surface area contributed by atoms with Crippen molar-refractivity contribution < 1.29 is 22.7 Å². The predicted molar refractivity (Wildman–Crippen MR) is 72.1 cm³/mol. The van der Waals surface area contributed by atoms with E-state index in [-0.39, 0.29) is 16.9 Å². The van der Waals surface area contributed by atoms with Crippen LogP contribution in [0.2, 0.25) is 0 Å². The molecule has 0 saturated heterocycles. The molecule has 1 aromatic rings. The van der Waals surface area contributed by atoms with Crippen molar-refractivity contribution in [2.75, 3.05) is 0 Å². The van der Waals surface area contributed by atoms with E-state index in [2.05, 4.69) is 13.8 Å². The van der Waals surface area contributed by atoms with Crippen molar-refractivity contribution in [2.24, 2.45) is 11.3 Å². The molecule has 1 aliphatic rings. The van der Waals surface area contributed by atoms with Gasteiger partial charge in [0, 0.05) is 0 Å². The van der Waals surface area contributed by atoms with E-state index < -0.39 is 23.7 Å². The molecule has 0 aromatic heterocycles. The molecule has 1 nitrogen and oxygen atoms in total. The molecule has 118 valence electrons. The van der Waals surface area contributed by atoms with E-state index in [4.69, 9.17) is 0 Å². The average molecular weight is 304 g/mol. The lowest BCUT2D eigenvalue weighted by atomic mass is 9.71. The van der Waals surface area contributed by atoms with Gasteiger partial charge in [-0.15, -0.1) is 0 Å². The van der Waals surface area contributed by atoms with Crippen LogP contribution in [0.1, 0.15) is 56.8 Å². The third-order valence-electron chi connectivity index (χ3n) is 4.47. The third-order valence-corrected chi connectivity index (χ3v) is 4.47. The second-order valence-corrected chi connectivity index (χ2v) is 6.68. The van der Waals surface area contributed by atoms with Gasteiger partial charge in [-0.1, -0.05) is 19.9 Å². The Bertz CT molecular complexity index is 497. The lowest BCUT2D eigenvalue weighted by molar-refractivity contribution is -0.140. The molecule has 1 saturated carbocycles. The van der Waals surface area contributed by atoms with Crippen molar-refractivity contribution in [3.05, 3.63) is 35.1 Å². The van der Waals surface area contributed by atoms with Gasteiger partial charge < -0.3 is 5.11 Å². The standard InChI is InChI=1S/C16H20F4O/c1-15(2)7-5-10(6-8-15)14(21)11-3-4-13(17)12(9-11)16(18,19)20/h3-4,9-10,14,21H,5-8H2,1-2H3. The maximum absolute atomic E-state index is 13.3. The van der Waals surface area contributed by atoms with Crippen LogP contribution in [0.4, 0.5) is 17.6 Å². The summed E-state index contributed by atoms with van der Waals surface area (Å²) in [4.78, 5) is 0. The van der Waals surface area contributed by atoms with Gasteiger partial charge >= 0.3 is 6.18 Å². The highest BCUT2D eigenvalue weighted by atomic mass is 19.4. The summed E-state index contributed by atoms with van der Waals surface area (Å²) in [5, 5.41) is 10.3. The molecule has 2 rings (SSSR count). The minimum atomic E-state index is -4.74. The van der Waals surface area contributed by atoms with E-state index in [0.29, 0.717) is 0 Å². The van der Waals surface area contributed by atoms with Gasteiger partial charge in [0.2, 0.25) is 0 Å². The maximum atomic E-state index is 13.3. The highest BCUT2D eigenvalue weighted by Gasteiger charge is 2.36. The van der Waals surface area contributed by atoms with Crippen molar-refractivity contribution in [1.29, 1.82) is 0 Å². The molecule has 5 heteroatoms. The molecule has 0 heterocycles. The SMILES string of the molecule is CC1(C)CCC(C(O)c2ccc(F)c(C(F)(F)F)c2)CC1. The van der Waals surface area contributed by atoms with Gasteiger partial charge in [0.05, 0.1) is 11.7 Å². The molecule has 1 aromatic carbocycles. The van der Waals surface area contributed by atoms with Crippen LogP contribution in [-0.2, 0) is 6.18 Å². The van der Waals surface area contributed by atoms with E-state index in [1.54, 1.807) is 0 Å². The summed E-state index contributed by atoms with van der Waals surface area (Å²) in [5.41, 5.74) is -0.945. The van der Waals surface area contributed by atoms with Crippen LogP contribution >= 0.6 is 0 Å². The quantitative estimate of drug-likeness (QED) is 0.754. The van der Waals surface area contributed by atoms with E-state index in [9.17, 15) is 22.7 Å². The summed E-state index contributed by atoms with van der Waals surface area (Å²) in [6, 6.07) is 2.77. The molecular weight excluding hydrogens is 284 g/mol. The van der Waals surface area contributed by atoms with Crippen LogP contribution in [0.15, 0.2) is 18.2 Å². The molecular formula is C16H20F4O. The number of aliphatic hydroxyl groups is 1. The summed E-state index contributed by atoms with van der Waals surface area (Å²) in [6.45, 7) is 4.30. The first-order valence-electron chi connectivity index (χ1n) is 7.15. The smallest absolute Gasteiger partial charge is 0.388 e. The Hall–Kier alpha value is -1.10. The van der Waals surface area contributed by atoms with E-state index in [1.165, 1.54) is 6.07 Å². The minimum Gasteiger partial charge on any atom is -0.388 e. The largest absolute Gasteiger partial charge is 0.419 e. The van der Waals surface area contributed by atoms with Crippen molar-refractivity contribution in [3.63, 3.8) is 0 Å². The number of hydrogen-bond acceptors (Lipinski definition) is 1. The fourth-order valence-electron chi connectivity index (χ4n) is 2.95. The van der Waals surface area contributed by atoms with Crippen LogP contribution in [0.3, 0.4) is 0 Å². The zero-order valence-electron chi connectivity index (χ0n) is 12.2. The van der Waals surface area contributed by atoms with Crippen molar-refractivity contribution >= 4 is 0 Å². The molecule has 1 N–H and O–H groups in total. The van der Waals surface area contributed by atoms with Gasteiger partial charge in [-0.25, -0.2) is 4.39 Å². The molecule has 0 aliphatic heterocycles. The Kier molecular flexibility index (Phi) is 4.34. The summed E-state index contributed by atoms with van der Waals surface area (Å²) in [5.74, 6) is -1.37. The van der Waals surface area contributed by atoms with Gasteiger partial charge in [-0.3, -0.25) is 0 Å². The second kappa shape index (κ2) is 5.59. The Morgan fingerprint density at radius 1 is 1.19 bits per heavy atom. The molecule has 21 heavy (non-hydrogen) atoms. The van der Waals surface area contributed by atoms with Crippen molar-refractivity contribution in [3.8, 4) is 0 Å². The molecule has 0 spiro atoms. The first kappa shape index (κ1) is 16.3. The summed E-state index contributed by atoms with van der Waals surface area (Å²) in [7, 11) is 0. The monoisotopic (exact) mass is 304 g/mol. The minimum absolute atomic E-state index is 0.0652. The summed E-state index contributed by atoms with van der Waals surface area (Å²) < 4.78 is 51.4. The highest BCUT2D eigenvalue weighted by Crippen LogP contribution is 2.43. The molecule has 0 bridgehead atoms. The zero-order valence-corrected chi connectivity index (χ0v) is 12.2. The summed E-state index contributed by atoms with van der Waals surface area (Å²) in [6.07, 6.45) is -2.30. The second-order valence-electron chi connectivity index (χ2n) is 6.68. The van der Waals surface area contributed by atoms with Crippen LogP contribution < -0.4 is 0 Å². The number of hydrogen-bond donors (Lipinski definition) is 1. The van der Waals surface area contributed by atoms with Crippen molar-refractivity contribution in [2.45, 2.75) is 51.8 Å². The average Bonchev–Trinajstić information content (AvgIpc) is 2.37. The third kappa shape index (κ3) is 3.76. The van der Waals surface area contributed by atoms with Gasteiger partial charge in [-0.05, 0) is 54.7 Å². The lowest BCUT2D eigenvalue weighted by Crippen LogP contribution is -2.25. The molecule has 1 aliphatic carbocycles. The maximum Gasteiger partial charge on any atom is 0.419 e. The lowest BCUT2D eigenvalue weighted by Gasteiger charge is -2.36. The Labute approximate surface area is 122 Å². The fraction of sp³-hybridized carbons (Fsp3) is 0.625. The first-order chi connectivity index (χ1) is 9.60. The molecule has 1 unspecified atom stereocenters. The number of alkyl halides is 3. The first-order valence-corrected chi connectivity index (χ1v) is 7.15. The number of benzene rings is 1. The van der Waals surface area contributed by atoms with Gasteiger partial charge in [0.1, 0.15) is 5.82 Å². The normalized spacial score (nSPS) is 21.3. The topological polar surface area (TPSA) is 20.2 Å². The van der Waals surface area contributed by atoms with Gasteiger partial charge in [0.15, 0.2) is 0 Å². The number of rotatable bonds is 2. The Morgan fingerprint density at radius 2 is 1.76 bits per heavy atom. The molecule has 0 amide bonds. The predicted octanol–water partition coefficient (Wildman–Crippen LogP) is 5.09. The van der Waals surface area contributed by atoms with Crippen LogP contribution in [0.25, 0.3) is 0 Å². The molecule has 0 radical (unpaired) electrons. The van der Waals surface area contributed by atoms with E-state index in [1.807, 2.05) is 0 Å². The van der Waals surface area contributed by atoms with Crippen LogP contribution in [0, 0.1) is 17.2 Å². The van der Waals surface area contributed by atoms with Crippen LogP contribution in [0.5, 0.6) is 0 Å². The van der Waals surface area contributed by atoms with E-state index >= 15 is 0 Å². The number of aliphatic hydroxyl groups excluding tert-OH is 1. The molecule has 1 atom stereocenters. The number of halogens is 4. The molecule has 1 fully saturated rings. The van der Waals surface area contributed by atoms with Crippen LogP contribution in [-0.4, -0.2) is 5.11 Å². The Morgan fingerprint density at radius 3 is 2.29 bits per heavy atom. The van der Waals surface area contributed by atoms with Crippen molar-refractivity contribution in [1.82, 2.24) is 0 Å².